The van der Waals surface area contributed by atoms with E-state index >= 15 is 0 Å². The summed E-state index contributed by atoms with van der Waals surface area (Å²) < 4.78 is 15.3. The van der Waals surface area contributed by atoms with Gasteiger partial charge in [-0.3, -0.25) is 0 Å². The first-order valence-corrected chi connectivity index (χ1v) is 8.00. The molecule has 2 aliphatic rings. The Kier molecular flexibility index (Phi) is 3.11. The van der Waals surface area contributed by atoms with Crippen molar-refractivity contribution in [1.29, 1.82) is 0 Å². The van der Waals surface area contributed by atoms with Gasteiger partial charge in [0, 0.05) is 21.6 Å². The molecule has 1 heterocycles. The number of halogens is 2. The summed E-state index contributed by atoms with van der Waals surface area (Å²) in [4.78, 5) is 0. The van der Waals surface area contributed by atoms with Crippen LogP contribution in [0.2, 0.25) is 0 Å². The van der Waals surface area contributed by atoms with E-state index in [1.54, 1.807) is 12.1 Å². The Bertz CT molecular complexity index is 725. The van der Waals surface area contributed by atoms with Crippen molar-refractivity contribution in [2.45, 2.75) is 18.4 Å². The number of hydrogen-bond acceptors (Lipinski definition) is 1. The van der Waals surface area contributed by atoms with Crippen molar-refractivity contribution >= 4 is 21.6 Å². The number of allylic oxidation sites excluding steroid dienone is 2. The zero-order chi connectivity index (χ0) is 14.4. The van der Waals surface area contributed by atoms with Gasteiger partial charge in [-0.1, -0.05) is 46.3 Å². The van der Waals surface area contributed by atoms with Gasteiger partial charge in [-0.2, -0.15) is 0 Å². The van der Waals surface area contributed by atoms with Gasteiger partial charge in [0.15, 0.2) is 0 Å². The summed E-state index contributed by atoms with van der Waals surface area (Å²) in [6.45, 7) is 0. The summed E-state index contributed by atoms with van der Waals surface area (Å²) >= 11 is 3.55. The van der Waals surface area contributed by atoms with Crippen LogP contribution < -0.4 is 5.32 Å². The third-order valence-corrected chi connectivity index (χ3v) is 5.06. The molecule has 21 heavy (non-hydrogen) atoms. The van der Waals surface area contributed by atoms with Crippen LogP contribution in [0.1, 0.15) is 29.5 Å². The number of fused-ring (bicyclic) bond motifs is 3. The van der Waals surface area contributed by atoms with Gasteiger partial charge in [0.1, 0.15) is 5.82 Å². The first kappa shape index (κ1) is 13.1. The first-order chi connectivity index (χ1) is 10.2. The molecular formula is C18H15BrFN. The minimum atomic E-state index is -0.124. The Labute approximate surface area is 132 Å². The molecule has 0 saturated carbocycles. The van der Waals surface area contributed by atoms with E-state index < -0.39 is 0 Å². The van der Waals surface area contributed by atoms with E-state index in [0.29, 0.717) is 11.8 Å². The highest BCUT2D eigenvalue weighted by atomic mass is 79.9. The average Bonchev–Trinajstić information content (AvgIpc) is 2.97. The van der Waals surface area contributed by atoms with E-state index in [2.05, 4.69) is 45.5 Å². The topological polar surface area (TPSA) is 12.0 Å². The third-order valence-electron chi connectivity index (χ3n) is 4.57. The van der Waals surface area contributed by atoms with E-state index in [0.717, 1.165) is 22.1 Å². The molecule has 3 atom stereocenters. The van der Waals surface area contributed by atoms with Crippen molar-refractivity contribution in [3.63, 3.8) is 0 Å². The maximum atomic E-state index is 14.2. The van der Waals surface area contributed by atoms with E-state index in [9.17, 15) is 4.39 Å². The molecule has 0 radical (unpaired) electrons. The molecular weight excluding hydrogens is 329 g/mol. The standard InChI is InChI=1S/C18H15BrFN/c19-11-8-9-17-15(10-11)12-5-3-6-13(12)18(21-17)14-4-1-2-7-16(14)20/h1-5,7-10,12-13,18,21H,6H2. The molecule has 0 spiro atoms. The number of rotatable bonds is 1. The van der Waals surface area contributed by atoms with Gasteiger partial charge in [0.05, 0.1) is 6.04 Å². The van der Waals surface area contributed by atoms with Crippen LogP contribution in [-0.4, -0.2) is 0 Å². The van der Waals surface area contributed by atoms with Gasteiger partial charge in [0.2, 0.25) is 0 Å². The maximum Gasteiger partial charge on any atom is 0.128 e. The van der Waals surface area contributed by atoms with Crippen LogP contribution in [-0.2, 0) is 0 Å². The monoisotopic (exact) mass is 343 g/mol. The molecule has 106 valence electrons. The molecule has 1 aliphatic heterocycles. The second-order valence-electron chi connectivity index (χ2n) is 5.73. The van der Waals surface area contributed by atoms with Crippen LogP contribution in [0.5, 0.6) is 0 Å². The van der Waals surface area contributed by atoms with Crippen molar-refractivity contribution in [3.05, 3.63) is 76.0 Å². The summed E-state index contributed by atoms with van der Waals surface area (Å²) in [5.74, 6) is 0.619. The van der Waals surface area contributed by atoms with Gasteiger partial charge >= 0.3 is 0 Å². The highest BCUT2D eigenvalue weighted by Crippen LogP contribution is 2.50. The molecule has 1 N–H and O–H groups in total. The summed E-state index contributed by atoms with van der Waals surface area (Å²) in [6.07, 6.45) is 5.48. The van der Waals surface area contributed by atoms with Gasteiger partial charge < -0.3 is 5.32 Å². The lowest BCUT2D eigenvalue weighted by atomic mass is 9.77. The molecule has 2 aromatic rings. The van der Waals surface area contributed by atoms with Crippen molar-refractivity contribution in [3.8, 4) is 0 Å². The zero-order valence-electron chi connectivity index (χ0n) is 11.4. The molecule has 0 bridgehead atoms. The van der Waals surface area contributed by atoms with Crippen LogP contribution in [0.25, 0.3) is 0 Å². The van der Waals surface area contributed by atoms with Crippen LogP contribution >= 0.6 is 15.9 Å². The molecule has 4 rings (SSSR count). The van der Waals surface area contributed by atoms with E-state index in [1.807, 2.05) is 18.2 Å². The first-order valence-electron chi connectivity index (χ1n) is 7.21. The highest BCUT2D eigenvalue weighted by Gasteiger charge is 2.38. The summed E-state index contributed by atoms with van der Waals surface area (Å²) in [5.41, 5.74) is 3.18. The van der Waals surface area contributed by atoms with Crippen LogP contribution in [0.3, 0.4) is 0 Å². The number of hydrogen-bond donors (Lipinski definition) is 1. The lowest BCUT2D eigenvalue weighted by Crippen LogP contribution is -2.29. The van der Waals surface area contributed by atoms with E-state index in [-0.39, 0.29) is 11.9 Å². The second kappa shape index (κ2) is 4.99. The van der Waals surface area contributed by atoms with Crippen molar-refractivity contribution in [2.75, 3.05) is 5.32 Å². The largest absolute Gasteiger partial charge is 0.378 e. The molecule has 0 saturated heterocycles. The van der Waals surface area contributed by atoms with Crippen LogP contribution in [0.15, 0.2) is 59.1 Å². The lowest BCUT2D eigenvalue weighted by Gasteiger charge is -2.37. The molecule has 1 aliphatic carbocycles. The SMILES string of the molecule is Fc1ccccc1C1Nc2ccc(Br)cc2C2C=CCC21. The Balaban J connectivity index is 1.82. The maximum absolute atomic E-state index is 14.2. The zero-order valence-corrected chi connectivity index (χ0v) is 13.0. The number of nitrogens with one attached hydrogen (secondary N) is 1. The van der Waals surface area contributed by atoms with Gasteiger partial charge in [-0.05, 0) is 42.2 Å². The fraction of sp³-hybridized carbons (Fsp3) is 0.222. The predicted molar refractivity (Wildman–Crippen MR) is 86.9 cm³/mol. The Morgan fingerprint density at radius 1 is 1.10 bits per heavy atom. The minimum absolute atomic E-state index is 0.0277. The normalized spacial score (nSPS) is 26.1. The van der Waals surface area contributed by atoms with Crippen molar-refractivity contribution in [1.82, 2.24) is 0 Å². The summed E-state index contributed by atoms with van der Waals surface area (Å²) in [6, 6.07) is 13.4. The third kappa shape index (κ3) is 2.11. The van der Waals surface area contributed by atoms with Crippen molar-refractivity contribution in [2.24, 2.45) is 5.92 Å². The Hall–Kier alpha value is -1.61. The fourth-order valence-electron chi connectivity index (χ4n) is 3.60. The van der Waals surface area contributed by atoms with Gasteiger partial charge in [0.25, 0.3) is 0 Å². The molecule has 1 nitrogen and oxygen atoms in total. The Morgan fingerprint density at radius 2 is 1.95 bits per heavy atom. The molecule has 3 unspecified atom stereocenters. The minimum Gasteiger partial charge on any atom is -0.378 e. The highest BCUT2D eigenvalue weighted by molar-refractivity contribution is 9.10. The van der Waals surface area contributed by atoms with E-state index in [4.69, 9.17) is 0 Å². The summed E-state index contributed by atoms with van der Waals surface area (Å²) in [5, 5.41) is 3.55. The average molecular weight is 344 g/mol. The Morgan fingerprint density at radius 3 is 2.81 bits per heavy atom. The summed E-state index contributed by atoms with van der Waals surface area (Å²) in [7, 11) is 0. The van der Waals surface area contributed by atoms with Gasteiger partial charge in [-0.15, -0.1) is 0 Å². The molecule has 0 aromatic heterocycles. The fourth-order valence-corrected chi connectivity index (χ4v) is 3.98. The molecule has 0 amide bonds. The molecule has 3 heteroatoms. The number of benzene rings is 2. The van der Waals surface area contributed by atoms with Gasteiger partial charge in [-0.25, -0.2) is 4.39 Å². The second-order valence-corrected chi connectivity index (χ2v) is 6.64. The van der Waals surface area contributed by atoms with Crippen LogP contribution in [0.4, 0.5) is 10.1 Å². The quantitative estimate of drug-likeness (QED) is 0.682. The van der Waals surface area contributed by atoms with Crippen LogP contribution in [0, 0.1) is 11.7 Å². The van der Waals surface area contributed by atoms with Crippen molar-refractivity contribution < 1.29 is 4.39 Å². The molecule has 0 fully saturated rings. The van der Waals surface area contributed by atoms with E-state index in [1.165, 1.54) is 5.56 Å². The number of anilines is 1. The predicted octanol–water partition coefficient (Wildman–Crippen LogP) is 5.41. The molecule has 2 aromatic carbocycles. The smallest absolute Gasteiger partial charge is 0.128 e. The lowest BCUT2D eigenvalue weighted by molar-refractivity contribution is 0.413.